The number of fused-ring (bicyclic) bond motifs is 1. The van der Waals surface area contributed by atoms with Crippen LogP contribution in [0, 0.1) is 11.3 Å². The van der Waals surface area contributed by atoms with Crippen LogP contribution in [0.25, 0.3) is 5.57 Å². The SMILES string of the molecule is N#CCc1ccc(C2=CC3(CCNCC3)Oc3ccccc32)cc1. The molecule has 120 valence electrons. The third kappa shape index (κ3) is 2.70. The first kappa shape index (κ1) is 15.0. The van der Waals surface area contributed by atoms with Crippen LogP contribution in [0.5, 0.6) is 5.75 Å². The van der Waals surface area contributed by atoms with Gasteiger partial charge in [0.25, 0.3) is 0 Å². The summed E-state index contributed by atoms with van der Waals surface area (Å²) in [5.74, 6) is 0.970. The number of hydrogen-bond donors (Lipinski definition) is 1. The van der Waals surface area contributed by atoms with Crippen LogP contribution in [0.15, 0.2) is 54.6 Å². The molecule has 0 bridgehead atoms. The molecular weight excluding hydrogens is 296 g/mol. The average Bonchev–Trinajstić information content (AvgIpc) is 2.63. The first-order valence-electron chi connectivity index (χ1n) is 8.48. The van der Waals surface area contributed by atoms with Crippen molar-refractivity contribution < 1.29 is 4.74 Å². The fourth-order valence-corrected chi connectivity index (χ4v) is 3.60. The second-order valence-electron chi connectivity index (χ2n) is 6.50. The summed E-state index contributed by atoms with van der Waals surface area (Å²) in [7, 11) is 0. The Balaban J connectivity index is 1.79. The number of hydrogen-bond acceptors (Lipinski definition) is 3. The van der Waals surface area contributed by atoms with Gasteiger partial charge < -0.3 is 10.1 Å². The van der Waals surface area contributed by atoms with Crippen molar-refractivity contribution in [1.82, 2.24) is 5.32 Å². The number of para-hydroxylation sites is 1. The Kier molecular flexibility index (Phi) is 3.84. The summed E-state index contributed by atoms with van der Waals surface area (Å²) in [6.45, 7) is 1.96. The van der Waals surface area contributed by atoms with Gasteiger partial charge in [-0.3, -0.25) is 0 Å². The van der Waals surface area contributed by atoms with Crippen LogP contribution in [-0.2, 0) is 6.42 Å². The fourth-order valence-electron chi connectivity index (χ4n) is 3.60. The summed E-state index contributed by atoms with van der Waals surface area (Å²) < 4.78 is 6.41. The van der Waals surface area contributed by atoms with E-state index in [0.29, 0.717) is 6.42 Å². The summed E-state index contributed by atoms with van der Waals surface area (Å²) in [5.41, 5.74) is 4.42. The maximum atomic E-state index is 8.85. The van der Waals surface area contributed by atoms with Gasteiger partial charge in [-0.15, -0.1) is 0 Å². The van der Waals surface area contributed by atoms with Crippen LogP contribution < -0.4 is 10.1 Å². The number of rotatable bonds is 2. The van der Waals surface area contributed by atoms with Crippen molar-refractivity contribution in [3.8, 4) is 11.8 Å². The van der Waals surface area contributed by atoms with Gasteiger partial charge in [0, 0.05) is 18.4 Å². The highest BCUT2D eigenvalue weighted by molar-refractivity contribution is 5.84. The molecule has 0 aromatic heterocycles. The Hall–Kier alpha value is -2.57. The lowest BCUT2D eigenvalue weighted by Gasteiger charge is -2.40. The van der Waals surface area contributed by atoms with Gasteiger partial charge in [-0.2, -0.15) is 5.26 Å². The zero-order chi connectivity index (χ0) is 16.4. The highest BCUT2D eigenvalue weighted by Gasteiger charge is 2.36. The van der Waals surface area contributed by atoms with Gasteiger partial charge in [0.1, 0.15) is 11.4 Å². The second-order valence-corrected chi connectivity index (χ2v) is 6.50. The molecular formula is C21H20N2O. The van der Waals surface area contributed by atoms with E-state index < -0.39 is 0 Å². The molecule has 0 radical (unpaired) electrons. The van der Waals surface area contributed by atoms with Crippen molar-refractivity contribution in [3.63, 3.8) is 0 Å². The van der Waals surface area contributed by atoms with E-state index in [1.54, 1.807) is 0 Å². The Morgan fingerprint density at radius 1 is 1.04 bits per heavy atom. The molecule has 2 aromatic rings. The van der Waals surface area contributed by atoms with E-state index in [0.717, 1.165) is 42.8 Å². The van der Waals surface area contributed by atoms with Crippen LogP contribution in [0.3, 0.4) is 0 Å². The molecule has 3 heteroatoms. The number of ether oxygens (including phenoxy) is 1. The van der Waals surface area contributed by atoms with E-state index >= 15 is 0 Å². The second kappa shape index (κ2) is 6.14. The maximum Gasteiger partial charge on any atom is 0.130 e. The smallest absolute Gasteiger partial charge is 0.130 e. The predicted octanol–water partition coefficient (Wildman–Crippen LogP) is 3.70. The van der Waals surface area contributed by atoms with Gasteiger partial charge >= 0.3 is 0 Å². The topological polar surface area (TPSA) is 45.0 Å². The number of nitrogens with one attached hydrogen (secondary N) is 1. The molecule has 1 spiro atoms. The zero-order valence-electron chi connectivity index (χ0n) is 13.6. The van der Waals surface area contributed by atoms with Gasteiger partial charge in [-0.05, 0) is 41.9 Å². The fraction of sp³-hybridized carbons (Fsp3) is 0.286. The van der Waals surface area contributed by atoms with E-state index in [1.165, 1.54) is 11.1 Å². The van der Waals surface area contributed by atoms with Gasteiger partial charge in [0.2, 0.25) is 0 Å². The van der Waals surface area contributed by atoms with Gasteiger partial charge in [0.15, 0.2) is 0 Å². The van der Waals surface area contributed by atoms with E-state index in [9.17, 15) is 0 Å². The molecule has 2 aromatic carbocycles. The molecule has 24 heavy (non-hydrogen) atoms. The molecule has 1 fully saturated rings. The summed E-state index contributed by atoms with van der Waals surface area (Å²) >= 11 is 0. The summed E-state index contributed by atoms with van der Waals surface area (Å²) in [6, 6.07) is 18.8. The minimum Gasteiger partial charge on any atom is -0.482 e. The third-order valence-corrected chi connectivity index (χ3v) is 4.90. The number of benzene rings is 2. The van der Waals surface area contributed by atoms with Crippen molar-refractivity contribution in [2.24, 2.45) is 0 Å². The monoisotopic (exact) mass is 316 g/mol. The van der Waals surface area contributed by atoms with Crippen LogP contribution in [0.2, 0.25) is 0 Å². The molecule has 0 amide bonds. The quantitative estimate of drug-likeness (QED) is 0.919. The summed E-state index contributed by atoms with van der Waals surface area (Å²) in [6.07, 6.45) is 4.73. The molecule has 0 aliphatic carbocycles. The van der Waals surface area contributed by atoms with Crippen molar-refractivity contribution in [2.75, 3.05) is 13.1 Å². The Morgan fingerprint density at radius 3 is 2.54 bits per heavy atom. The third-order valence-electron chi connectivity index (χ3n) is 4.90. The number of nitriles is 1. The average molecular weight is 316 g/mol. The lowest BCUT2D eigenvalue weighted by atomic mass is 9.83. The van der Waals surface area contributed by atoms with Crippen LogP contribution >= 0.6 is 0 Å². The van der Waals surface area contributed by atoms with Crippen LogP contribution in [0.4, 0.5) is 0 Å². The molecule has 2 aliphatic rings. The zero-order valence-corrected chi connectivity index (χ0v) is 13.6. The molecule has 0 saturated carbocycles. The summed E-state index contributed by atoms with van der Waals surface area (Å²) in [5, 5.41) is 12.3. The normalized spacial score (nSPS) is 18.2. The lowest BCUT2D eigenvalue weighted by Crippen LogP contribution is -2.46. The molecule has 1 N–H and O–H groups in total. The van der Waals surface area contributed by atoms with E-state index in [1.807, 2.05) is 18.2 Å². The standard InChI is InChI=1S/C21H20N2O/c22-12-9-16-5-7-17(8-6-16)19-15-21(10-13-23-14-11-21)24-20-4-2-1-3-18(19)20/h1-8,15,23H,9-11,13-14H2. The predicted molar refractivity (Wildman–Crippen MR) is 94.7 cm³/mol. The minimum atomic E-state index is -0.208. The molecule has 0 atom stereocenters. The summed E-state index contributed by atoms with van der Waals surface area (Å²) in [4.78, 5) is 0. The molecule has 3 nitrogen and oxygen atoms in total. The Bertz CT molecular complexity index is 808. The van der Waals surface area contributed by atoms with E-state index in [4.69, 9.17) is 10.00 Å². The molecule has 1 saturated heterocycles. The van der Waals surface area contributed by atoms with Crippen molar-refractivity contribution in [1.29, 1.82) is 5.26 Å². The van der Waals surface area contributed by atoms with Crippen molar-refractivity contribution in [2.45, 2.75) is 24.9 Å². The molecule has 2 heterocycles. The van der Waals surface area contributed by atoms with Gasteiger partial charge in [-0.25, -0.2) is 0 Å². The molecule has 2 aliphatic heterocycles. The first-order chi connectivity index (χ1) is 11.8. The molecule has 0 unspecified atom stereocenters. The Labute approximate surface area is 142 Å². The Morgan fingerprint density at radius 2 is 1.79 bits per heavy atom. The maximum absolute atomic E-state index is 8.85. The highest BCUT2D eigenvalue weighted by atomic mass is 16.5. The van der Waals surface area contributed by atoms with Gasteiger partial charge in [0.05, 0.1) is 12.5 Å². The van der Waals surface area contributed by atoms with Crippen LogP contribution in [0.1, 0.15) is 29.5 Å². The van der Waals surface area contributed by atoms with Crippen LogP contribution in [-0.4, -0.2) is 18.7 Å². The number of nitrogens with zero attached hydrogens (tertiary/aromatic N) is 1. The van der Waals surface area contributed by atoms with Crippen molar-refractivity contribution in [3.05, 3.63) is 71.3 Å². The number of piperidine rings is 1. The highest BCUT2D eigenvalue weighted by Crippen LogP contribution is 2.42. The van der Waals surface area contributed by atoms with Gasteiger partial charge in [-0.1, -0.05) is 42.5 Å². The van der Waals surface area contributed by atoms with E-state index in [2.05, 4.69) is 47.8 Å². The molecule has 4 rings (SSSR count). The largest absolute Gasteiger partial charge is 0.482 e. The van der Waals surface area contributed by atoms with Crippen molar-refractivity contribution >= 4 is 5.57 Å². The van der Waals surface area contributed by atoms with E-state index in [-0.39, 0.29) is 5.60 Å². The lowest BCUT2D eigenvalue weighted by molar-refractivity contribution is 0.0817. The minimum absolute atomic E-state index is 0.208. The first-order valence-corrected chi connectivity index (χ1v) is 8.48.